The maximum absolute atomic E-state index is 13.5. The molecule has 25 heteroatoms. The van der Waals surface area contributed by atoms with E-state index < -0.39 is 159 Å². The van der Waals surface area contributed by atoms with Crippen LogP contribution in [0, 0.1) is 0 Å². The summed E-state index contributed by atoms with van der Waals surface area (Å²) in [6.45, 7) is 0.984. The van der Waals surface area contributed by atoms with Crippen LogP contribution in [0.2, 0.25) is 0 Å². The first-order valence-electron chi connectivity index (χ1n) is 16.2. The van der Waals surface area contributed by atoms with Crippen LogP contribution in [0.3, 0.4) is 0 Å². The number of hydrogen-bond acceptors (Lipinski definition) is 13. The Balaban J connectivity index is 6.44. The van der Waals surface area contributed by atoms with E-state index in [4.69, 9.17) is 15.3 Å². The van der Waals surface area contributed by atoms with E-state index in [1.807, 2.05) is 5.32 Å². The second kappa shape index (κ2) is 25.1. The van der Waals surface area contributed by atoms with Crippen molar-refractivity contribution in [3.63, 3.8) is 0 Å². The molecule has 0 spiro atoms. The number of thioether (sulfide) groups is 1. The average Bonchev–Trinajstić information content (AvgIpc) is 3.06. The van der Waals surface area contributed by atoms with Gasteiger partial charge in [-0.3, -0.25) is 52.7 Å². The summed E-state index contributed by atoms with van der Waals surface area (Å²) in [6, 6.07) is -10.6. The van der Waals surface area contributed by atoms with Crippen molar-refractivity contribution in [1.82, 2.24) is 31.9 Å². The maximum atomic E-state index is 13.5. The first-order valence-corrected chi connectivity index (χ1v) is 17.6. The predicted octanol–water partition coefficient (Wildman–Crippen LogP) is -3.70. The van der Waals surface area contributed by atoms with Gasteiger partial charge < -0.3 is 62.5 Å². The van der Waals surface area contributed by atoms with Crippen molar-refractivity contribution in [2.45, 2.75) is 101 Å². The third-order valence-electron chi connectivity index (χ3n) is 7.15. The van der Waals surface area contributed by atoms with Crippen molar-refractivity contribution in [2.24, 2.45) is 0 Å². The summed E-state index contributed by atoms with van der Waals surface area (Å²) in [5.74, 6) is -15.9. The zero-order chi connectivity index (χ0) is 42.4. The number of carbonyl (C=O) groups is 12. The zero-order valence-corrected chi connectivity index (χ0v) is 30.3. The Morgan fingerprint density at radius 2 is 0.709 bits per heavy atom. The Bertz CT molecular complexity index is 1460. The fraction of sp³-hybridized carbons (Fsp3) is 0.600. The lowest BCUT2D eigenvalue weighted by Gasteiger charge is -2.27. The summed E-state index contributed by atoms with van der Waals surface area (Å²) >= 11 is 1.19. The second-order valence-electron chi connectivity index (χ2n) is 11.7. The molecule has 0 aliphatic rings. The van der Waals surface area contributed by atoms with E-state index >= 15 is 0 Å². The molecule has 24 nitrogen and oxygen atoms in total. The third-order valence-corrected chi connectivity index (χ3v) is 7.79. The lowest BCUT2D eigenvalue weighted by molar-refractivity contribution is -0.147. The van der Waals surface area contributed by atoms with Gasteiger partial charge in [-0.2, -0.15) is 11.8 Å². The fourth-order valence-electron chi connectivity index (χ4n) is 4.48. The minimum atomic E-state index is -2.00. The van der Waals surface area contributed by atoms with Crippen LogP contribution in [0.25, 0.3) is 0 Å². The monoisotopic (exact) mass is 808 g/mol. The fourth-order valence-corrected chi connectivity index (χ4v) is 4.95. The number of carboxylic acid groups (broad SMARTS) is 6. The second-order valence-corrected chi connectivity index (χ2v) is 12.7. The van der Waals surface area contributed by atoms with Crippen molar-refractivity contribution in [3.8, 4) is 0 Å². The van der Waals surface area contributed by atoms with Crippen LogP contribution in [0.4, 0.5) is 0 Å². The number of aliphatic carboxylic acids is 6. The molecule has 0 saturated carbocycles. The van der Waals surface area contributed by atoms with E-state index in [0.717, 1.165) is 6.92 Å². The Morgan fingerprint density at radius 3 is 0.982 bits per heavy atom. The van der Waals surface area contributed by atoms with Gasteiger partial charge in [0.25, 0.3) is 0 Å². The molecule has 0 bridgehead atoms. The van der Waals surface area contributed by atoms with Gasteiger partial charge in [-0.05, 0) is 37.7 Å². The first-order chi connectivity index (χ1) is 25.6. The molecule has 0 rings (SSSR count). The molecule has 0 heterocycles. The Kier molecular flexibility index (Phi) is 22.3. The lowest BCUT2D eigenvalue weighted by atomic mass is 10.0. The van der Waals surface area contributed by atoms with Crippen molar-refractivity contribution in [2.75, 3.05) is 12.0 Å². The molecule has 0 radical (unpaired) electrons. The van der Waals surface area contributed by atoms with Crippen LogP contribution in [0.1, 0.15) is 64.7 Å². The van der Waals surface area contributed by atoms with E-state index in [2.05, 4.69) is 26.6 Å². The molecule has 0 aliphatic carbocycles. The van der Waals surface area contributed by atoms with E-state index in [0.29, 0.717) is 0 Å². The number of nitrogens with one attached hydrogen (secondary N) is 6. The molecule has 308 valence electrons. The number of rotatable bonds is 28. The molecular weight excluding hydrogens is 764 g/mol. The molecule has 0 aromatic heterocycles. The largest absolute Gasteiger partial charge is 0.481 e. The summed E-state index contributed by atoms with van der Waals surface area (Å²) in [6.07, 6.45) is -4.71. The van der Waals surface area contributed by atoms with Crippen molar-refractivity contribution >= 4 is 83.0 Å². The highest BCUT2D eigenvalue weighted by molar-refractivity contribution is 7.98. The predicted molar refractivity (Wildman–Crippen MR) is 183 cm³/mol. The molecule has 0 aromatic rings. The van der Waals surface area contributed by atoms with Gasteiger partial charge in [0, 0.05) is 26.2 Å². The summed E-state index contributed by atoms with van der Waals surface area (Å²) < 4.78 is 0. The van der Waals surface area contributed by atoms with Gasteiger partial charge in [-0.15, -0.1) is 0 Å². The highest BCUT2D eigenvalue weighted by Crippen LogP contribution is 2.09. The minimum Gasteiger partial charge on any atom is -0.481 e. The average molecular weight is 809 g/mol. The van der Waals surface area contributed by atoms with Crippen LogP contribution in [0.15, 0.2) is 0 Å². The highest BCUT2D eigenvalue weighted by Gasteiger charge is 2.34. The van der Waals surface area contributed by atoms with Crippen LogP contribution in [-0.4, -0.2) is 150 Å². The molecule has 0 aliphatic heterocycles. The number of hydrogen-bond donors (Lipinski definition) is 12. The zero-order valence-electron chi connectivity index (χ0n) is 29.5. The van der Waals surface area contributed by atoms with Gasteiger partial charge in [0.15, 0.2) is 0 Å². The minimum absolute atomic E-state index is 0.165. The van der Waals surface area contributed by atoms with E-state index in [1.54, 1.807) is 6.26 Å². The Morgan fingerprint density at radius 1 is 0.418 bits per heavy atom. The molecule has 12 N–H and O–H groups in total. The van der Waals surface area contributed by atoms with Crippen LogP contribution in [0.5, 0.6) is 0 Å². The maximum Gasteiger partial charge on any atom is 0.326 e. The Hall–Kier alpha value is -6.01. The first kappa shape index (κ1) is 49.0. The van der Waals surface area contributed by atoms with Crippen molar-refractivity contribution in [3.05, 3.63) is 0 Å². The van der Waals surface area contributed by atoms with Gasteiger partial charge in [0.05, 0.1) is 12.8 Å². The van der Waals surface area contributed by atoms with E-state index in [1.165, 1.54) is 11.8 Å². The molecule has 0 aromatic carbocycles. The number of amides is 6. The van der Waals surface area contributed by atoms with Gasteiger partial charge in [-0.1, -0.05) is 0 Å². The highest BCUT2D eigenvalue weighted by atomic mass is 32.2. The molecule has 6 atom stereocenters. The van der Waals surface area contributed by atoms with Gasteiger partial charge in [-0.25, -0.2) is 4.79 Å². The SMILES string of the molecule is CSCC[C@H](NC(=O)[C@H](CCC(=O)O)NC(=O)[C@H](CC(=O)O)NC(C)=O)C(=O)N[C@@H](CCC(=O)O)C(=O)N[C@@H](CCC(=O)O)C(=O)N[C@@H](CC(=O)O)C(=O)O. The molecule has 55 heavy (non-hydrogen) atoms. The molecule has 0 unspecified atom stereocenters. The topological polar surface area (TPSA) is 398 Å². The third kappa shape index (κ3) is 21.3. The summed E-state index contributed by atoms with van der Waals surface area (Å²) in [5, 5.41) is 67.6. The van der Waals surface area contributed by atoms with E-state index in [9.17, 15) is 72.9 Å². The lowest BCUT2D eigenvalue weighted by Crippen LogP contribution is -2.59. The summed E-state index contributed by atoms with van der Waals surface area (Å²) in [5.41, 5.74) is 0. The number of carbonyl (C=O) groups excluding carboxylic acids is 6. The molecule has 0 saturated heterocycles. The quantitative estimate of drug-likeness (QED) is 0.0362. The Labute approximate surface area is 315 Å². The van der Waals surface area contributed by atoms with Crippen molar-refractivity contribution < 1.29 is 88.2 Å². The molecule has 0 fully saturated rings. The smallest absolute Gasteiger partial charge is 0.326 e. The van der Waals surface area contributed by atoms with Gasteiger partial charge >= 0.3 is 35.8 Å². The normalized spacial score (nSPS) is 13.9. The van der Waals surface area contributed by atoms with Crippen LogP contribution < -0.4 is 31.9 Å². The standard InChI is InChI=1S/C30H44N6O18S/c1-13(37)31-18(11-23(44)45)29(52)34-15(4-7-21(40)41)26(49)35-17(9-10-55-2)28(51)33-14(3-6-20(38)39)25(48)32-16(5-8-22(42)43)27(50)36-19(30(53)54)12-24(46)47/h14-19H,3-12H2,1-2H3,(H,31,37)(H,32,48)(H,33,51)(H,34,52)(H,35,49)(H,36,50)(H,38,39)(H,40,41)(H,42,43)(H,44,45)(H,46,47)(H,53,54)/t14-,15-,16-,17-,18-,19-/m0/s1. The number of carboxylic acids is 6. The van der Waals surface area contributed by atoms with Gasteiger partial charge in [0.2, 0.25) is 35.4 Å². The van der Waals surface area contributed by atoms with Gasteiger partial charge in [0.1, 0.15) is 36.3 Å². The summed E-state index contributed by atoms with van der Waals surface area (Å²) in [7, 11) is 0. The van der Waals surface area contributed by atoms with Crippen molar-refractivity contribution in [1.29, 1.82) is 0 Å². The molecular formula is C30H44N6O18S. The van der Waals surface area contributed by atoms with Crippen LogP contribution >= 0.6 is 11.8 Å². The molecule has 6 amide bonds. The van der Waals surface area contributed by atoms with Crippen LogP contribution in [-0.2, 0) is 57.5 Å². The summed E-state index contributed by atoms with van der Waals surface area (Å²) in [4.78, 5) is 145. The van der Waals surface area contributed by atoms with E-state index in [-0.39, 0.29) is 12.2 Å².